The van der Waals surface area contributed by atoms with E-state index in [1.165, 1.54) is 6.07 Å². The number of phenolic OH excluding ortho intramolecular Hbond substituents is 2. The number of nitrogens with zero attached hydrogens (tertiary/aromatic N) is 2. The van der Waals surface area contributed by atoms with E-state index >= 15 is 0 Å². The van der Waals surface area contributed by atoms with E-state index in [1.54, 1.807) is 13.0 Å². The monoisotopic (exact) mass is 377 g/mol. The number of phenols is 2. The number of benzene rings is 1. The summed E-state index contributed by atoms with van der Waals surface area (Å²) in [4.78, 5) is 12.3. The van der Waals surface area contributed by atoms with Crippen molar-refractivity contribution in [3.63, 3.8) is 0 Å². The standard InChI is InChI=1S/C17H16ClN3O5/c1-3-8-5-13(25-20-8)14-15(17(24)19-4-2)21-26-16(14)9-6-10(18)12(23)7-11(9)22/h5-7,22-23H,3-4H2,1-2H3,(H,19,24). The maximum absolute atomic E-state index is 12.3. The van der Waals surface area contributed by atoms with Crippen molar-refractivity contribution in [1.82, 2.24) is 15.6 Å². The van der Waals surface area contributed by atoms with E-state index in [9.17, 15) is 15.0 Å². The van der Waals surface area contributed by atoms with E-state index in [0.29, 0.717) is 18.7 Å². The molecule has 26 heavy (non-hydrogen) atoms. The molecule has 0 aliphatic rings. The molecule has 0 atom stereocenters. The van der Waals surface area contributed by atoms with E-state index < -0.39 is 5.91 Å². The zero-order chi connectivity index (χ0) is 18.8. The summed E-state index contributed by atoms with van der Waals surface area (Å²) in [5, 5.41) is 30.2. The fraction of sp³-hybridized carbons (Fsp3) is 0.235. The highest BCUT2D eigenvalue weighted by Gasteiger charge is 2.29. The van der Waals surface area contributed by atoms with Crippen LogP contribution in [0.3, 0.4) is 0 Å². The van der Waals surface area contributed by atoms with Gasteiger partial charge in [0.25, 0.3) is 5.91 Å². The first kappa shape index (κ1) is 17.8. The second-order valence-corrected chi connectivity index (χ2v) is 5.86. The molecule has 3 N–H and O–H groups in total. The highest BCUT2D eigenvalue weighted by Crippen LogP contribution is 2.42. The Morgan fingerprint density at radius 3 is 2.58 bits per heavy atom. The third-order valence-electron chi connectivity index (χ3n) is 3.72. The van der Waals surface area contributed by atoms with Crippen LogP contribution in [0.25, 0.3) is 22.6 Å². The predicted molar refractivity (Wildman–Crippen MR) is 93.2 cm³/mol. The van der Waals surface area contributed by atoms with Crippen molar-refractivity contribution in [3.05, 3.63) is 34.6 Å². The van der Waals surface area contributed by atoms with Crippen LogP contribution in [0.5, 0.6) is 11.5 Å². The van der Waals surface area contributed by atoms with Crippen molar-refractivity contribution < 1.29 is 24.1 Å². The van der Waals surface area contributed by atoms with Crippen LogP contribution in [0.2, 0.25) is 5.02 Å². The van der Waals surface area contributed by atoms with Crippen LogP contribution in [0.4, 0.5) is 0 Å². The normalized spacial score (nSPS) is 10.9. The summed E-state index contributed by atoms with van der Waals surface area (Å²) in [6.07, 6.45) is 0.636. The summed E-state index contributed by atoms with van der Waals surface area (Å²) in [6.45, 7) is 4.08. The average molecular weight is 378 g/mol. The lowest BCUT2D eigenvalue weighted by molar-refractivity contribution is 0.0947. The predicted octanol–water partition coefficient (Wildman–Crippen LogP) is 3.37. The van der Waals surface area contributed by atoms with Crippen LogP contribution in [0.1, 0.15) is 30.0 Å². The van der Waals surface area contributed by atoms with Gasteiger partial charge in [0.2, 0.25) is 0 Å². The molecule has 0 radical (unpaired) electrons. The number of amides is 1. The Labute approximate surface area is 153 Å². The lowest BCUT2D eigenvalue weighted by Crippen LogP contribution is -2.23. The second-order valence-electron chi connectivity index (χ2n) is 5.45. The average Bonchev–Trinajstić information content (AvgIpc) is 3.24. The number of aryl methyl sites for hydroxylation is 1. The summed E-state index contributed by atoms with van der Waals surface area (Å²) in [5.74, 6) is -0.698. The molecule has 1 amide bonds. The smallest absolute Gasteiger partial charge is 0.274 e. The fourth-order valence-electron chi connectivity index (χ4n) is 2.43. The second kappa shape index (κ2) is 7.09. The van der Waals surface area contributed by atoms with Gasteiger partial charge in [-0.2, -0.15) is 0 Å². The molecule has 1 aromatic carbocycles. The Bertz CT molecular complexity index is 963. The van der Waals surface area contributed by atoms with Gasteiger partial charge < -0.3 is 24.6 Å². The molecular weight excluding hydrogens is 362 g/mol. The highest BCUT2D eigenvalue weighted by atomic mass is 35.5. The molecule has 0 spiro atoms. The maximum atomic E-state index is 12.3. The minimum atomic E-state index is -0.462. The SMILES string of the molecule is CCNC(=O)c1noc(-c2cc(Cl)c(O)cc2O)c1-c1cc(CC)no1. The minimum Gasteiger partial charge on any atom is -0.507 e. The van der Waals surface area contributed by atoms with Gasteiger partial charge >= 0.3 is 0 Å². The van der Waals surface area contributed by atoms with Crippen LogP contribution in [-0.4, -0.2) is 33.0 Å². The van der Waals surface area contributed by atoms with Crippen LogP contribution >= 0.6 is 11.6 Å². The molecule has 8 nitrogen and oxygen atoms in total. The number of nitrogens with one attached hydrogen (secondary N) is 1. The summed E-state index contributed by atoms with van der Waals surface area (Å²) in [6, 6.07) is 4.06. The molecule has 2 aromatic heterocycles. The third kappa shape index (κ3) is 3.11. The first-order valence-corrected chi connectivity index (χ1v) is 8.29. The van der Waals surface area contributed by atoms with Gasteiger partial charge in [0.05, 0.1) is 16.3 Å². The number of hydrogen-bond acceptors (Lipinski definition) is 7. The Morgan fingerprint density at radius 1 is 1.15 bits per heavy atom. The van der Waals surface area contributed by atoms with Gasteiger partial charge in [-0.25, -0.2) is 0 Å². The lowest BCUT2D eigenvalue weighted by Gasteiger charge is -2.05. The molecule has 0 saturated heterocycles. The van der Waals surface area contributed by atoms with Gasteiger partial charge in [-0.15, -0.1) is 0 Å². The maximum Gasteiger partial charge on any atom is 0.274 e. The Balaban J connectivity index is 2.23. The van der Waals surface area contributed by atoms with E-state index in [-0.39, 0.29) is 44.9 Å². The van der Waals surface area contributed by atoms with Crippen molar-refractivity contribution >= 4 is 17.5 Å². The molecule has 2 heterocycles. The third-order valence-corrected chi connectivity index (χ3v) is 4.02. The number of hydrogen-bond donors (Lipinski definition) is 3. The van der Waals surface area contributed by atoms with E-state index in [4.69, 9.17) is 20.6 Å². The molecule has 0 fully saturated rings. The number of rotatable bonds is 5. The summed E-state index contributed by atoms with van der Waals surface area (Å²) in [7, 11) is 0. The Hall–Kier alpha value is -3.00. The van der Waals surface area contributed by atoms with Crippen LogP contribution in [0.15, 0.2) is 27.2 Å². The number of carbonyl (C=O) groups is 1. The van der Waals surface area contributed by atoms with Gasteiger partial charge in [-0.3, -0.25) is 4.79 Å². The molecule has 0 saturated carbocycles. The molecule has 3 aromatic rings. The van der Waals surface area contributed by atoms with E-state index in [2.05, 4.69) is 15.6 Å². The number of carbonyl (C=O) groups excluding carboxylic acids is 1. The quantitative estimate of drug-likeness (QED) is 0.623. The van der Waals surface area contributed by atoms with Crippen LogP contribution < -0.4 is 5.32 Å². The van der Waals surface area contributed by atoms with Crippen molar-refractivity contribution in [2.24, 2.45) is 0 Å². The Morgan fingerprint density at radius 2 is 1.92 bits per heavy atom. The van der Waals surface area contributed by atoms with Gasteiger partial charge in [0, 0.05) is 18.7 Å². The Kier molecular flexibility index (Phi) is 4.85. The molecule has 3 rings (SSSR count). The summed E-state index contributed by atoms with van der Waals surface area (Å²) in [5.41, 5.74) is 1.06. The highest BCUT2D eigenvalue weighted by molar-refractivity contribution is 6.32. The molecule has 0 aliphatic heterocycles. The molecule has 9 heteroatoms. The molecule has 0 aliphatic carbocycles. The zero-order valence-electron chi connectivity index (χ0n) is 14.0. The molecular formula is C17H16ClN3O5. The number of aromatic hydroxyl groups is 2. The van der Waals surface area contributed by atoms with E-state index in [0.717, 1.165) is 6.07 Å². The number of halogens is 1. The van der Waals surface area contributed by atoms with E-state index in [1.807, 2.05) is 6.92 Å². The van der Waals surface area contributed by atoms with Crippen LogP contribution in [-0.2, 0) is 6.42 Å². The fourth-order valence-corrected chi connectivity index (χ4v) is 2.59. The first-order chi connectivity index (χ1) is 12.5. The first-order valence-electron chi connectivity index (χ1n) is 7.91. The van der Waals surface area contributed by atoms with Crippen molar-refractivity contribution in [2.75, 3.05) is 6.54 Å². The van der Waals surface area contributed by atoms with Crippen molar-refractivity contribution in [2.45, 2.75) is 20.3 Å². The molecule has 136 valence electrons. The van der Waals surface area contributed by atoms with Gasteiger partial charge in [-0.1, -0.05) is 28.8 Å². The van der Waals surface area contributed by atoms with Crippen LogP contribution in [0, 0.1) is 0 Å². The van der Waals surface area contributed by atoms with Gasteiger partial charge in [0.1, 0.15) is 17.1 Å². The summed E-state index contributed by atoms with van der Waals surface area (Å²) >= 11 is 5.94. The minimum absolute atomic E-state index is 0.00604. The zero-order valence-corrected chi connectivity index (χ0v) is 14.8. The van der Waals surface area contributed by atoms with Gasteiger partial charge in [-0.05, 0) is 19.4 Å². The topological polar surface area (TPSA) is 122 Å². The van der Waals surface area contributed by atoms with Gasteiger partial charge in [0.15, 0.2) is 17.2 Å². The van der Waals surface area contributed by atoms with Crippen molar-refractivity contribution in [3.8, 4) is 34.1 Å². The molecule has 0 unspecified atom stereocenters. The number of aromatic nitrogens is 2. The van der Waals surface area contributed by atoms with Crippen molar-refractivity contribution in [1.29, 1.82) is 0 Å². The molecule has 0 bridgehead atoms. The lowest BCUT2D eigenvalue weighted by atomic mass is 10.0. The summed E-state index contributed by atoms with van der Waals surface area (Å²) < 4.78 is 10.7. The largest absolute Gasteiger partial charge is 0.507 e.